The van der Waals surface area contributed by atoms with Gasteiger partial charge < -0.3 is 19.8 Å². The molecular weight excluding hydrogens is 672 g/mol. The second-order valence-electron chi connectivity index (χ2n) is 13.6. The first kappa shape index (κ1) is 37.3. The van der Waals surface area contributed by atoms with Gasteiger partial charge in [-0.15, -0.1) is 0 Å². The lowest BCUT2D eigenvalue weighted by Gasteiger charge is -2.14. The van der Waals surface area contributed by atoms with Crippen LogP contribution in [0.3, 0.4) is 0 Å². The van der Waals surface area contributed by atoms with Gasteiger partial charge in [0.05, 0.1) is 28.8 Å². The van der Waals surface area contributed by atoms with Gasteiger partial charge in [0.1, 0.15) is 0 Å². The molecule has 53 heavy (non-hydrogen) atoms. The fourth-order valence-corrected chi connectivity index (χ4v) is 7.17. The zero-order chi connectivity index (χ0) is 37.0. The van der Waals surface area contributed by atoms with Crippen LogP contribution in [0.1, 0.15) is 90.2 Å². The van der Waals surface area contributed by atoms with Crippen LogP contribution < -0.4 is 21.6 Å². The Bertz CT molecular complexity index is 2060. The van der Waals surface area contributed by atoms with Gasteiger partial charge in [-0.1, -0.05) is 66.7 Å². The summed E-state index contributed by atoms with van der Waals surface area (Å²) in [5.74, 6) is -0.663. The van der Waals surface area contributed by atoms with Crippen molar-refractivity contribution in [2.45, 2.75) is 83.9 Å². The highest BCUT2D eigenvalue weighted by atomic mass is 16.6. The van der Waals surface area contributed by atoms with Crippen LogP contribution in [0.5, 0.6) is 0 Å². The van der Waals surface area contributed by atoms with Crippen LogP contribution in [0.15, 0.2) is 79.1 Å². The molecule has 0 bridgehead atoms. The highest BCUT2D eigenvalue weighted by Gasteiger charge is 2.21. The van der Waals surface area contributed by atoms with Crippen molar-refractivity contribution in [3.05, 3.63) is 107 Å². The molecular formula is C41H50N6O6. The van der Waals surface area contributed by atoms with Crippen molar-refractivity contribution < 1.29 is 30.6 Å². The van der Waals surface area contributed by atoms with Crippen molar-refractivity contribution in [3.8, 4) is 0 Å². The molecule has 0 saturated heterocycles. The van der Waals surface area contributed by atoms with Gasteiger partial charge in [-0.25, -0.2) is 11.0 Å². The standard InChI is InChI=1S/C24H27N3O3.C17H21N3O3.H2/c28-22(26-30-17-18-8-2-1-3-9-18)13-4-5-14-25-24(29)21-16-27-15-7-11-19-10-6-12-20(21)23(19)27;21-15(19-23)8-1-2-9-18-17(22)14-11-20-10-4-6-12-5-3-7-13(14)16(12)20;/h1-3,6,8-10,12,16H,4-5,7,11,13-15,17H2,(H,25,29)(H,26,28);3,5,7,11,23H,1-2,4,6,8-10H2,(H,18,22)(H,19,21);1H. The third kappa shape index (κ3) is 9.51. The van der Waals surface area contributed by atoms with Gasteiger partial charge in [-0.2, -0.15) is 0 Å². The van der Waals surface area contributed by atoms with Crippen LogP contribution >= 0.6 is 0 Å². The molecule has 5 N–H and O–H groups in total. The Labute approximate surface area is 310 Å². The zero-order valence-electron chi connectivity index (χ0n) is 30.0. The minimum atomic E-state index is -0.398. The molecule has 2 aliphatic rings. The van der Waals surface area contributed by atoms with Crippen molar-refractivity contribution in [1.29, 1.82) is 0 Å². The molecule has 5 aromatic rings. The summed E-state index contributed by atoms with van der Waals surface area (Å²) in [4.78, 5) is 53.1. The maximum atomic E-state index is 12.7. The van der Waals surface area contributed by atoms with Gasteiger partial charge in [0.2, 0.25) is 11.8 Å². The van der Waals surface area contributed by atoms with E-state index in [-0.39, 0.29) is 25.6 Å². The molecule has 0 saturated carbocycles. The van der Waals surface area contributed by atoms with Crippen molar-refractivity contribution in [2.24, 2.45) is 0 Å². The molecule has 0 unspecified atom stereocenters. The molecule has 4 heterocycles. The van der Waals surface area contributed by atoms with Gasteiger partial charge in [-0.05, 0) is 68.1 Å². The molecule has 0 atom stereocenters. The van der Waals surface area contributed by atoms with Gasteiger partial charge >= 0.3 is 0 Å². The lowest BCUT2D eigenvalue weighted by atomic mass is 10.0. The number of unbranched alkanes of at least 4 members (excludes halogenated alkanes) is 2. The molecule has 0 aliphatic carbocycles. The van der Waals surface area contributed by atoms with E-state index in [1.807, 2.05) is 67.0 Å². The number of hydrogen-bond acceptors (Lipinski definition) is 6. The van der Waals surface area contributed by atoms with E-state index >= 15 is 0 Å². The number of nitrogens with zero attached hydrogens (tertiary/aromatic N) is 2. The fraction of sp³-hybridized carbons (Fsp3) is 0.366. The van der Waals surface area contributed by atoms with Gasteiger partial charge in [0.15, 0.2) is 0 Å². The quantitative estimate of drug-likeness (QED) is 0.0509. The maximum absolute atomic E-state index is 12.7. The Morgan fingerprint density at radius 1 is 0.660 bits per heavy atom. The maximum Gasteiger partial charge on any atom is 0.253 e. The molecule has 2 aliphatic heterocycles. The second kappa shape index (κ2) is 18.3. The summed E-state index contributed by atoms with van der Waals surface area (Å²) in [6.07, 6.45) is 11.6. The van der Waals surface area contributed by atoms with E-state index in [0.717, 1.165) is 72.7 Å². The average molecular weight is 723 g/mol. The first-order valence-corrected chi connectivity index (χ1v) is 18.6. The van der Waals surface area contributed by atoms with Crippen LogP contribution in [-0.2, 0) is 47.0 Å². The summed E-state index contributed by atoms with van der Waals surface area (Å²) >= 11 is 0. The Morgan fingerprint density at radius 3 is 1.72 bits per heavy atom. The molecule has 4 amide bonds. The molecule has 3 aromatic carbocycles. The Morgan fingerprint density at radius 2 is 1.19 bits per heavy atom. The van der Waals surface area contributed by atoms with Crippen LogP contribution in [0.2, 0.25) is 0 Å². The van der Waals surface area contributed by atoms with E-state index < -0.39 is 5.91 Å². The minimum absolute atomic E-state index is 0. The second-order valence-corrected chi connectivity index (χ2v) is 13.6. The molecule has 2 aromatic heterocycles. The number of para-hydroxylation sites is 2. The number of benzene rings is 3. The van der Waals surface area contributed by atoms with Gasteiger partial charge in [0.25, 0.3) is 11.8 Å². The summed E-state index contributed by atoms with van der Waals surface area (Å²) in [5.41, 5.74) is 11.5. The average Bonchev–Trinajstić information content (AvgIpc) is 3.76. The van der Waals surface area contributed by atoms with Crippen molar-refractivity contribution in [2.75, 3.05) is 13.1 Å². The number of rotatable bonds is 15. The highest BCUT2D eigenvalue weighted by Crippen LogP contribution is 2.30. The molecule has 0 fully saturated rings. The lowest BCUT2D eigenvalue weighted by molar-refractivity contribution is -0.134. The normalized spacial score (nSPS) is 12.8. The molecule has 12 heteroatoms. The summed E-state index contributed by atoms with van der Waals surface area (Å²) in [7, 11) is 0. The van der Waals surface area contributed by atoms with E-state index in [0.29, 0.717) is 45.4 Å². The first-order chi connectivity index (χ1) is 25.9. The Hall–Kier alpha value is -5.46. The topological polar surface area (TPSA) is 156 Å². The van der Waals surface area contributed by atoms with E-state index in [1.54, 1.807) is 5.48 Å². The number of carbonyl (C=O) groups is 4. The number of hydroxylamine groups is 2. The van der Waals surface area contributed by atoms with Crippen LogP contribution in [-0.4, -0.2) is 51.1 Å². The minimum Gasteiger partial charge on any atom is -0.352 e. The summed E-state index contributed by atoms with van der Waals surface area (Å²) in [5, 5.41) is 16.4. The molecule has 7 rings (SSSR count). The monoisotopic (exact) mass is 722 g/mol. The molecule has 0 radical (unpaired) electrons. The predicted molar refractivity (Wildman–Crippen MR) is 204 cm³/mol. The SMILES string of the molecule is O=C(CCCCNC(=O)c1cn2c3c(cccc13)CCC2)NO.O=C(CCCCNC(=O)c1cn2c3c(cccc13)CCC2)NOCc1ccccc1.[HH]. The van der Waals surface area contributed by atoms with Crippen molar-refractivity contribution in [1.82, 2.24) is 30.7 Å². The molecule has 0 spiro atoms. The Kier molecular flexibility index (Phi) is 12.9. The third-order valence-electron chi connectivity index (χ3n) is 9.77. The largest absolute Gasteiger partial charge is 0.352 e. The highest BCUT2D eigenvalue weighted by molar-refractivity contribution is 6.08. The smallest absolute Gasteiger partial charge is 0.253 e. The molecule has 12 nitrogen and oxygen atoms in total. The third-order valence-corrected chi connectivity index (χ3v) is 9.77. The fourth-order valence-electron chi connectivity index (χ4n) is 7.17. The summed E-state index contributed by atoms with van der Waals surface area (Å²) < 4.78 is 4.37. The predicted octanol–water partition coefficient (Wildman–Crippen LogP) is 5.97. The van der Waals surface area contributed by atoms with Crippen molar-refractivity contribution >= 4 is 45.4 Å². The van der Waals surface area contributed by atoms with Gasteiger partial charge in [0, 0.05) is 63.6 Å². The number of aryl methyl sites for hydroxylation is 4. The van der Waals surface area contributed by atoms with Gasteiger partial charge in [-0.3, -0.25) is 29.2 Å². The van der Waals surface area contributed by atoms with E-state index in [4.69, 9.17) is 10.0 Å². The number of amides is 4. The summed E-state index contributed by atoms with van der Waals surface area (Å²) in [6.45, 7) is 3.32. The number of aromatic nitrogens is 2. The number of nitrogens with one attached hydrogen (secondary N) is 4. The van der Waals surface area contributed by atoms with Crippen molar-refractivity contribution in [3.63, 3.8) is 0 Å². The van der Waals surface area contributed by atoms with E-state index in [9.17, 15) is 19.2 Å². The molecule has 280 valence electrons. The zero-order valence-corrected chi connectivity index (χ0v) is 30.0. The first-order valence-electron chi connectivity index (χ1n) is 18.6. The van der Waals surface area contributed by atoms with Crippen LogP contribution in [0.4, 0.5) is 0 Å². The number of hydrogen-bond donors (Lipinski definition) is 5. The summed E-state index contributed by atoms with van der Waals surface area (Å²) in [6, 6.07) is 22.0. The Balaban J connectivity index is 0.000000211. The van der Waals surface area contributed by atoms with E-state index in [2.05, 4.69) is 37.4 Å². The van der Waals surface area contributed by atoms with E-state index in [1.165, 1.54) is 22.2 Å². The number of carbonyl (C=O) groups excluding carboxylic acids is 4. The van der Waals surface area contributed by atoms with Crippen LogP contribution in [0, 0.1) is 0 Å². The van der Waals surface area contributed by atoms with Crippen LogP contribution in [0.25, 0.3) is 21.8 Å². The lowest BCUT2D eigenvalue weighted by Crippen LogP contribution is -2.25.